The van der Waals surface area contributed by atoms with Crippen LogP contribution in [0, 0.1) is 0 Å². The number of para-hydroxylation sites is 1. The Bertz CT molecular complexity index is 834. The Morgan fingerprint density at radius 2 is 1.72 bits per heavy atom. The predicted molar refractivity (Wildman–Crippen MR) is 113 cm³/mol. The van der Waals surface area contributed by atoms with Gasteiger partial charge in [0.15, 0.2) is 18.1 Å². The van der Waals surface area contributed by atoms with Crippen LogP contribution >= 0.6 is 0 Å². The number of esters is 1. The van der Waals surface area contributed by atoms with Gasteiger partial charge in [0.05, 0.1) is 14.2 Å². The van der Waals surface area contributed by atoms with Gasteiger partial charge in [-0.3, -0.25) is 4.79 Å². The summed E-state index contributed by atoms with van der Waals surface area (Å²) in [6, 6.07) is 12.8. The third kappa shape index (κ3) is 5.63. The lowest BCUT2D eigenvalue weighted by Gasteiger charge is -2.27. The normalized spacial score (nSPS) is 10.4. The molecule has 0 fully saturated rings. The fraction of sp³-hybridized carbons (Fsp3) is 0.364. The molecule has 0 saturated heterocycles. The number of hydrogen-bond donors (Lipinski definition) is 1. The van der Waals surface area contributed by atoms with Crippen molar-refractivity contribution >= 4 is 23.3 Å². The second-order valence-electron chi connectivity index (χ2n) is 6.59. The summed E-state index contributed by atoms with van der Waals surface area (Å²) in [5.41, 5.74) is 1.91. The maximum Gasteiger partial charge on any atom is 0.342 e. The van der Waals surface area contributed by atoms with Crippen molar-refractivity contribution in [3.05, 3.63) is 48.0 Å². The van der Waals surface area contributed by atoms with Gasteiger partial charge in [-0.2, -0.15) is 0 Å². The zero-order valence-corrected chi connectivity index (χ0v) is 17.5. The highest BCUT2D eigenvalue weighted by atomic mass is 16.5. The number of nitrogens with zero attached hydrogens (tertiary/aromatic N) is 1. The minimum absolute atomic E-state index is 0.192. The average molecular weight is 400 g/mol. The van der Waals surface area contributed by atoms with Crippen molar-refractivity contribution in [2.24, 2.45) is 0 Å². The quantitative estimate of drug-likeness (QED) is 0.646. The molecule has 2 aromatic carbocycles. The van der Waals surface area contributed by atoms with Gasteiger partial charge in [-0.15, -0.1) is 0 Å². The smallest absolute Gasteiger partial charge is 0.342 e. The van der Waals surface area contributed by atoms with Crippen LogP contribution in [0.1, 0.15) is 31.1 Å². The van der Waals surface area contributed by atoms with E-state index in [1.807, 2.05) is 24.3 Å². The van der Waals surface area contributed by atoms with E-state index in [0.29, 0.717) is 17.5 Å². The Morgan fingerprint density at radius 1 is 1.03 bits per heavy atom. The summed E-state index contributed by atoms with van der Waals surface area (Å²) >= 11 is 0. The van der Waals surface area contributed by atoms with Gasteiger partial charge in [0.1, 0.15) is 5.56 Å². The van der Waals surface area contributed by atoms with Crippen molar-refractivity contribution in [2.75, 3.05) is 37.6 Å². The molecule has 0 bridgehead atoms. The van der Waals surface area contributed by atoms with Crippen LogP contribution in [0.5, 0.6) is 11.5 Å². The molecule has 2 aromatic rings. The molecule has 0 aromatic heterocycles. The Kier molecular flexibility index (Phi) is 7.88. The Balaban J connectivity index is 1.96. The van der Waals surface area contributed by atoms with Crippen molar-refractivity contribution in [1.29, 1.82) is 0 Å². The molecular weight excluding hydrogens is 372 g/mol. The van der Waals surface area contributed by atoms with Crippen molar-refractivity contribution in [3.63, 3.8) is 0 Å². The van der Waals surface area contributed by atoms with Gasteiger partial charge in [0.2, 0.25) is 0 Å². The van der Waals surface area contributed by atoms with E-state index in [1.165, 1.54) is 14.2 Å². The van der Waals surface area contributed by atoms with Crippen LogP contribution in [0.2, 0.25) is 0 Å². The predicted octanol–water partition coefficient (Wildman–Crippen LogP) is 3.73. The van der Waals surface area contributed by atoms with Crippen LogP contribution in [0.15, 0.2) is 42.5 Å². The standard InChI is InChI=1S/C22H28N2O5/c1-6-24(15(2)3)17-12-10-16(11-13-17)23-20(25)14-29-22(26)18-8-7-9-19(27-4)21(18)28-5/h7-13,15H,6,14H2,1-5H3,(H,23,25). The fourth-order valence-electron chi connectivity index (χ4n) is 3.04. The molecule has 156 valence electrons. The fourth-order valence-corrected chi connectivity index (χ4v) is 3.04. The lowest BCUT2D eigenvalue weighted by molar-refractivity contribution is -0.119. The van der Waals surface area contributed by atoms with Crippen LogP contribution in [0.4, 0.5) is 11.4 Å². The zero-order valence-electron chi connectivity index (χ0n) is 17.5. The molecule has 0 aliphatic heterocycles. The average Bonchev–Trinajstić information content (AvgIpc) is 2.72. The molecule has 0 unspecified atom stereocenters. The lowest BCUT2D eigenvalue weighted by atomic mass is 10.2. The van der Waals surface area contributed by atoms with E-state index >= 15 is 0 Å². The molecule has 0 radical (unpaired) electrons. The maximum absolute atomic E-state index is 12.3. The molecule has 29 heavy (non-hydrogen) atoms. The summed E-state index contributed by atoms with van der Waals surface area (Å²) in [7, 11) is 2.91. The van der Waals surface area contributed by atoms with E-state index in [4.69, 9.17) is 14.2 Å². The molecule has 2 rings (SSSR count). The van der Waals surface area contributed by atoms with E-state index in [1.54, 1.807) is 18.2 Å². The first-order chi connectivity index (χ1) is 13.9. The van der Waals surface area contributed by atoms with Crippen LogP contribution in [0.25, 0.3) is 0 Å². The molecule has 7 heteroatoms. The summed E-state index contributed by atoms with van der Waals surface area (Å²) in [6.45, 7) is 6.85. The van der Waals surface area contributed by atoms with E-state index in [9.17, 15) is 9.59 Å². The van der Waals surface area contributed by atoms with E-state index < -0.39 is 18.5 Å². The number of nitrogens with one attached hydrogen (secondary N) is 1. The number of ether oxygens (including phenoxy) is 3. The maximum atomic E-state index is 12.3. The van der Waals surface area contributed by atoms with Gasteiger partial charge in [-0.1, -0.05) is 6.07 Å². The van der Waals surface area contributed by atoms with Crippen LogP contribution < -0.4 is 19.7 Å². The van der Waals surface area contributed by atoms with Gasteiger partial charge >= 0.3 is 5.97 Å². The van der Waals surface area contributed by atoms with E-state index in [2.05, 4.69) is 31.0 Å². The number of hydrogen-bond acceptors (Lipinski definition) is 6. The van der Waals surface area contributed by atoms with Crippen LogP contribution in [-0.2, 0) is 9.53 Å². The Labute approximate surface area is 171 Å². The first kappa shape index (κ1) is 22.1. The first-order valence-corrected chi connectivity index (χ1v) is 9.45. The van der Waals surface area contributed by atoms with E-state index in [-0.39, 0.29) is 11.3 Å². The van der Waals surface area contributed by atoms with Crippen molar-refractivity contribution in [1.82, 2.24) is 0 Å². The summed E-state index contributed by atoms with van der Waals surface area (Å²) in [5.74, 6) is -0.415. The van der Waals surface area contributed by atoms with Gasteiger partial charge in [0, 0.05) is 24.0 Å². The number of carbonyl (C=O) groups is 2. The molecule has 0 aliphatic rings. The summed E-state index contributed by atoms with van der Waals surface area (Å²) < 4.78 is 15.5. The largest absolute Gasteiger partial charge is 0.493 e. The summed E-state index contributed by atoms with van der Waals surface area (Å²) in [4.78, 5) is 26.7. The number of amides is 1. The second-order valence-corrected chi connectivity index (χ2v) is 6.59. The molecule has 0 spiro atoms. The minimum Gasteiger partial charge on any atom is -0.493 e. The highest BCUT2D eigenvalue weighted by Crippen LogP contribution is 2.31. The van der Waals surface area contributed by atoms with Gasteiger partial charge in [0.25, 0.3) is 5.91 Å². The van der Waals surface area contributed by atoms with Crippen molar-refractivity contribution < 1.29 is 23.8 Å². The molecule has 0 saturated carbocycles. The van der Waals surface area contributed by atoms with Crippen molar-refractivity contribution in [2.45, 2.75) is 26.8 Å². The second kappa shape index (κ2) is 10.4. The molecular formula is C22H28N2O5. The molecule has 1 amide bonds. The van der Waals surface area contributed by atoms with Crippen LogP contribution in [-0.4, -0.2) is 45.3 Å². The molecule has 1 N–H and O–H groups in total. The number of methoxy groups -OCH3 is 2. The molecule has 0 aliphatic carbocycles. The summed E-state index contributed by atoms with van der Waals surface area (Å²) in [6.07, 6.45) is 0. The lowest BCUT2D eigenvalue weighted by Crippen LogP contribution is -2.30. The number of benzene rings is 2. The van der Waals surface area contributed by atoms with E-state index in [0.717, 1.165) is 12.2 Å². The number of carbonyl (C=O) groups excluding carboxylic acids is 2. The third-order valence-corrected chi connectivity index (χ3v) is 4.40. The SMILES string of the molecule is CCN(c1ccc(NC(=O)COC(=O)c2cccc(OC)c2OC)cc1)C(C)C. The first-order valence-electron chi connectivity index (χ1n) is 9.45. The zero-order chi connectivity index (χ0) is 21.4. The highest BCUT2D eigenvalue weighted by molar-refractivity contribution is 5.97. The van der Waals surface area contributed by atoms with Gasteiger partial charge in [-0.25, -0.2) is 4.79 Å². The minimum atomic E-state index is -0.665. The summed E-state index contributed by atoms with van der Waals surface area (Å²) in [5, 5.41) is 2.72. The Morgan fingerprint density at radius 3 is 2.28 bits per heavy atom. The van der Waals surface area contributed by atoms with Crippen LogP contribution in [0.3, 0.4) is 0 Å². The van der Waals surface area contributed by atoms with Crippen molar-refractivity contribution in [3.8, 4) is 11.5 Å². The highest BCUT2D eigenvalue weighted by Gasteiger charge is 2.18. The topological polar surface area (TPSA) is 77.1 Å². The Hall–Kier alpha value is -3.22. The number of anilines is 2. The monoisotopic (exact) mass is 400 g/mol. The number of rotatable bonds is 9. The van der Waals surface area contributed by atoms with Gasteiger partial charge in [-0.05, 0) is 57.2 Å². The van der Waals surface area contributed by atoms with Gasteiger partial charge < -0.3 is 24.4 Å². The molecule has 0 heterocycles. The molecule has 0 atom stereocenters. The molecule has 7 nitrogen and oxygen atoms in total. The third-order valence-electron chi connectivity index (χ3n) is 4.40.